The van der Waals surface area contributed by atoms with Crippen LogP contribution in [0.1, 0.15) is 96.4 Å². The molecule has 0 saturated carbocycles. The lowest BCUT2D eigenvalue weighted by Crippen LogP contribution is -2.67. The van der Waals surface area contributed by atoms with E-state index in [0.29, 0.717) is 6.61 Å². The van der Waals surface area contributed by atoms with Gasteiger partial charge >= 0.3 is 5.97 Å². The van der Waals surface area contributed by atoms with Gasteiger partial charge in [0.1, 0.15) is 4.32 Å². The first-order chi connectivity index (χ1) is 24.5. The summed E-state index contributed by atoms with van der Waals surface area (Å²) in [5, 5.41) is 13.8. The van der Waals surface area contributed by atoms with Crippen molar-refractivity contribution in [3.8, 4) is 0 Å². The molecule has 2 rings (SSSR count). The summed E-state index contributed by atoms with van der Waals surface area (Å²) in [5.74, 6) is -0.432. The third-order valence-corrected chi connectivity index (χ3v) is 26.8. The predicted molar refractivity (Wildman–Crippen MR) is 240 cm³/mol. The normalized spacial score (nSPS) is 17.8. The van der Waals surface area contributed by atoms with E-state index in [2.05, 4.69) is 191 Å². The number of hydrogen-bond donors (Lipinski definition) is 1. The Bertz CT molecular complexity index is 1440. The van der Waals surface area contributed by atoms with E-state index in [4.69, 9.17) is 18.0 Å². The minimum absolute atomic E-state index is 0.0000481. The summed E-state index contributed by atoms with van der Waals surface area (Å²) in [7, 11) is -7.26. The van der Waals surface area contributed by atoms with Crippen molar-refractivity contribution in [3.05, 3.63) is 72.8 Å². The van der Waals surface area contributed by atoms with Crippen LogP contribution in [-0.2, 0) is 22.8 Å². The highest BCUT2D eigenvalue weighted by molar-refractivity contribution is 9.10. The average Bonchev–Trinajstić information content (AvgIpc) is 3.05. The zero-order valence-electron chi connectivity index (χ0n) is 36.8. The Morgan fingerprint density at radius 2 is 1.19 bits per heavy atom. The molecule has 1 N–H and O–H groups in total. The Morgan fingerprint density at radius 1 is 0.741 bits per heavy atom. The number of carbonyl (C=O) groups is 1. The van der Waals surface area contributed by atoms with Crippen molar-refractivity contribution in [2.45, 2.75) is 160 Å². The van der Waals surface area contributed by atoms with E-state index in [1.165, 1.54) is 10.4 Å². The molecule has 0 saturated heterocycles. The molecule has 0 bridgehead atoms. The second-order valence-corrected chi connectivity index (χ2v) is 35.0. The number of halogens is 1. The van der Waals surface area contributed by atoms with Crippen molar-refractivity contribution in [1.29, 1.82) is 0 Å². The Kier molecular flexibility index (Phi) is 17.1. The van der Waals surface area contributed by atoms with Crippen LogP contribution in [0.5, 0.6) is 0 Å². The van der Waals surface area contributed by atoms with Crippen LogP contribution >= 0.6 is 15.9 Å². The van der Waals surface area contributed by atoms with Crippen molar-refractivity contribution >= 4 is 57.2 Å². The summed E-state index contributed by atoms with van der Waals surface area (Å²) >= 11 is 3.50. The Hall–Kier alpha value is -1.38. The van der Waals surface area contributed by atoms with Gasteiger partial charge in [-0.05, 0) is 71.4 Å². The van der Waals surface area contributed by atoms with Crippen LogP contribution in [0, 0.1) is 11.8 Å². The fourth-order valence-electron chi connectivity index (χ4n) is 6.35. The van der Waals surface area contributed by atoms with E-state index in [1.807, 2.05) is 0 Å². The summed E-state index contributed by atoms with van der Waals surface area (Å²) in [6.07, 6.45) is 2.94. The molecule has 0 unspecified atom stereocenters. The molecule has 6 nitrogen and oxygen atoms in total. The molecule has 0 aliphatic rings. The maximum Gasteiger partial charge on any atom is 0.325 e. The topological polar surface area (TPSA) is 74.2 Å². The number of esters is 1. The number of benzene rings is 2. The third-order valence-electron chi connectivity index (χ3n) is 11.9. The lowest BCUT2D eigenvalue weighted by atomic mass is 9.92. The molecule has 306 valence electrons. The molecule has 0 spiro atoms. The van der Waals surface area contributed by atoms with Crippen LogP contribution in [0.2, 0.25) is 41.3 Å². The molecule has 0 aliphatic carbocycles. The number of ether oxygens (including phenoxy) is 1. The van der Waals surface area contributed by atoms with Gasteiger partial charge in [0.25, 0.3) is 8.32 Å². The molecule has 54 heavy (non-hydrogen) atoms. The van der Waals surface area contributed by atoms with E-state index in [1.54, 1.807) is 13.8 Å². The molecule has 10 heteroatoms. The molecule has 0 heterocycles. The molecule has 0 aliphatic heterocycles. The molecule has 0 aromatic heterocycles. The van der Waals surface area contributed by atoms with Crippen molar-refractivity contribution in [3.63, 3.8) is 0 Å². The van der Waals surface area contributed by atoms with E-state index in [9.17, 15) is 9.90 Å². The highest BCUT2D eigenvalue weighted by Crippen LogP contribution is 2.42. The van der Waals surface area contributed by atoms with E-state index in [0.717, 1.165) is 0 Å². The Labute approximate surface area is 341 Å². The highest BCUT2D eigenvalue weighted by atomic mass is 79.9. The monoisotopic (exact) mass is 862 g/mol. The van der Waals surface area contributed by atoms with E-state index >= 15 is 0 Å². The van der Waals surface area contributed by atoms with Crippen molar-refractivity contribution in [2.24, 2.45) is 11.8 Å². The summed E-state index contributed by atoms with van der Waals surface area (Å²) in [6.45, 7) is 38.2. The summed E-state index contributed by atoms with van der Waals surface area (Å²) in [6, 6.07) is 21.6. The van der Waals surface area contributed by atoms with Crippen LogP contribution < -0.4 is 10.4 Å². The van der Waals surface area contributed by atoms with Crippen LogP contribution in [0.3, 0.4) is 0 Å². The lowest BCUT2D eigenvalue weighted by molar-refractivity contribution is -0.148. The third kappa shape index (κ3) is 12.1. The largest absolute Gasteiger partial charge is 0.465 e. The van der Waals surface area contributed by atoms with Crippen LogP contribution in [-0.4, -0.2) is 71.9 Å². The molecule has 6 atom stereocenters. The molecule has 0 amide bonds. The SMILES string of the molecule is CCOC(=O)[C@](C)(Br)[C@@H](O)C[C@@H](/C=C\[C@H](C)[C@H](O[Si](C)(C)C(C)(C)C)[C@@H](C)CO[Si](c1ccccc1)(c1ccccc1)C(C)(C)C)O[Si](C)(C)C(C)(C)C. The molecule has 0 fully saturated rings. The van der Waals surface area contributed by atoms with Gasteiger partial charge in [0.15, 0.2) is 16.6 Å². The highest BCUT2D eigenvalue weighted by Gasteiger charge is 2.51. The molecule has 2 aromatic carbocycles. The summed E-state index contributed by atoms with van der Waals surface area (Å²) in [4.78, 5) is 12.9. The fourth-order valence-corrected chi connectivity index (χ4v) is 14.1. The second-order valence-electron chi connectivity index (χ2n) is 19.5. The first-order valence-electron chi connectivity index (χ1n) is 19.9. The van der Waals surface area contributed by atoms with Crippen molar-refractivity contribution < 1.29 is 27.9 Å². The van der Waals surface area contributed by atoms with Crippen molar-refractivity contribution in [2.75, 3.05) is 13.2 Å². The van der Waals surface area contributed by atoms with Gasteiger partial charge in [-0.1, -0.05) is 165 Å². The second kappa shape index (κ2) is 18.9. The Morgan fingerprint density at radius 3 is 1.59 bits per heavy atom. The Balaban J connectivity index is 2.62. The smallest absolute Gasteiger partial charge is 0.325 e. The van der Waals surface area contributed by atoms with Gasteiger partial charge in [-0.3, -0.25) is 4.79 Å². The van der Waals surface area contributed by atoms with Crippen LogP contribution in [0.25, 0.3) is 0 Å². The number of aliphatic hydroxyl groups is 1. The fraction of sp³-hybridized carbons (Fsp3) is 0.659. The predicted octanol–water partition coefficient (Wildman–Crippen LogP) is 10.6. The number of hydrogen-bond acceptors (Lipinski definition) is 6. The molecule has 0 radical (unpaired) electrons. The summed E-state index contributed by atoms with van der Waals surface area (Å²) in [5.41, 5.74) is 0. The van der Waals surface area contributed by atoms with Crippen LogP contribution in [0.4, 0.5) is 0 Å². The quantitative estimate of drug-likeness (QED) is 0.0697. The maximum atomic E-state index is 12.9. The van der Waals surface area contributed by atoms with Gasteiger partial charge in [0, 0.05) is 18.9 Å². The zero-order chi connectivity index (χ0) is 41.6. The van der Waals surface area contributed by atoms with Gasteiger partial charge < -0.3 is 23.1 Å². The number of aliphatic hydroxyl groups excluding tert-OH is 1. The maximum absolute atomic E-state index is 12.9. The summed E-state index contributed by atoms with van der Waals surface area (Å²) < 4.78 is 25.8. The van der Waals surface area contributed by atoms with Gasteiger partial charge in [-0.2, -0.15) is 0 Å². The van der Waals surface area contributed by atoms with E-state index < -0.39 is 47.5 Å². The number of alkyl halides is 1. The van der Waals surface area contributed by atoms with Gasteiger partial charge in [0.05, 0.1) is 24.9 Å². The first-order valence-corrected chi connectivity index (χ1v) is 28.4. The van der Waals surface area contributed by atoms with E-state index in [-0.39, 0.29) is 46.1 Å². The molecular formula is C44H75BrO6Si3. The zero-order valence-corrected chi connectivity index (χ0v) is 41.4. The van der Waals surface area contributed by atoms with Gasteiger partial charge in [0.2, 0.25) is 0 Å². The number of carbonyl (C=O) groups excluding carboxylic acids is 1. The average molecular weight is 864 g/mol. The molecule has 2 aromatic rings. The lowest BCUT2D eigenvalue weighted by Gasteiger charge is -2.45. The molecular weight excluding hydrogens is 789 g/mol. The minimum atomic E-state index is -2.77. The van der Waals surface area contributed by atoms with Gasteiger partial charge in [-0.25, -0.2) is 0 Å². The van der Waals surface area contributed by atoms with Gasteiger partial charge in [-0.15, -0.1) is 0 Å². The standard InChI is InChI=1S/C44H75BrO6Si3/c1-18-48-40(47)44(13,45)38(46)31-35(50-52(14,15)41(4,5)6)30-29-33(2)39(51-53(16,17)42(7,8)9)34(3)32-49-54(43(10,11)12,36-25-21-19-22-26-36)37-27-23-20-24-28-37/h19-30,33-35,38-39,46H,18,31-32H2,1-17H3/b30-29-/t33-,34-,35+,38-,39-,44+/m0/s1. The number of rotatable bonds is 18. The van der Waals surface area contributed by atoms with Crippen LogP contribution in [0.15, 0.2) is 72.8 Å². The minimum Gasteiger partial charge on any atom is -0.465 e. The van der Waals surface area contributed by atoms with Crippen molar-refractivity contribution in [1.82, 2.24) is 0 Å². The first kappa shape index (κ1) is 48.8.